The van der Waals surface area contributed by atoms with Crippen molar-refractivity contribution in [3.63, 3.8) is 0 Å². The van der Waals surface area contributed by atoms with Crippen molar-refractivity contribution in [3.8, 4) is 11.5 Å². The number of fused-ring (bicyclic) bond motifs is 1. The van der Waals surface area contributed by atoms with E-state index in [4.69, 9.17) is 14.5 Å². The van der Waals surface area contributed by atoms with Gasteiger partial charge in [0.1, 0.15) is 5.82 Å². The second-order valence-electron chi connectivity index (χ2n) is 5.93. The summed E-state index contributed by atoms with van der Waals surface area (Å²) in [6.07, 6.45) is 0.725. The number of methoxy groups -OCH3 is 2. The first-order chi connectivity index (χ1) is 11.6. The summed E-state index contributed by atoms with van der Waals surface area (Å²) in [6.45, 7) is 6.85. The first kappa shape index (κ1) is 18.9. The summed E-state index contributed by atoms with van der Waals surface area (Å²) >= 11 is 0. The third-order valence-corrected chi connectivity index (χ3v) is 3.97. The van der Waals surface area contributed by atoms with Crippen molar-refractivity contribution in [2.24, 2.45) is 0 Å². The maximum Gasteiger partial charge on any atom is 0.161 e. The highest BCUT2D eigenvalue weighted by molar-refractivity contribution is 5.85. The van der Waals surface area contributed by atoms with Crippen LogP contribution in [-0.4, -0.2) is 23.8 Å². The molecule has 4 nitrogen and oxygen atoms in total. The normalized spacial score (nSPS) is 10.4. The zero-order valence-electron chi connectivity index (χ0n) is 14.8. The molecule has 0 unspecified atom stereocenters. The maximum absolute atomic E-state index is 5.40. The van der Waals surface area contributed by atoms with Gasteiger partial charge in [0.05, 0.1) is 25.3 Å². The van der Waals surface area contributed by atoms with Crippen LogP contribution < -0.4 is 9.47 Å². The van der Waals surface area contributed by atoms with Gasteiger partial charge in [-0.1, -0.05) is 30.4 Å². The molecule has 0 saturated carbocycles. The second kappa shape index (κ2) is 8.08. The van der Waals surface area contributed by atoms with E-state index in [0.717, 1.165) is 52.5 Å². The minimum atomic E-state index is 0. The maximum atomic E-state index is 5.40. The summed E-state index contributed by atoms with van der Waals surface area (Å²) in [5.41, 5.74) is 4.38. The van der Waals surface area contributed by atoms with Crippen LogP contribution in [0.25, 0.3) is 11.0 Å². The van der Waals surface area contributed by atoms with Crippen molar-refractivity contribution in [3.05, 3.63) is 66.0 Å². The van der Waals surface area contributed by atoms with Gasteiger partial charge in [-0.3, -0.25) is 0 Å². The lowest BCUT2D eigenvalue weighted by molar-refractivity contribution is 0.354. The van der Waals surface area contributed by atoms with Crippen LogP contribution in [-0.2, 0) is 13.0 Å². The number of allylic oxidation sites excluding steroid dienone is 1. The Labute approximate surface area is 154 Å². The molecule has 1 aromatic heterocycles. The van der Waals surface area contributed by atoms with Gasteiger partial charge in [0.25, 0.3) is 0 Å². The first-order valence-corrected chi connectivity index (χ1v) is 7.91. The Morgan fingerprint density at radius 3 is 2.48 bits per heavy atom. The SMILES string of the molecule is C=C(C)Cn1c(Cc2ccc(OC)c(OC)c2)nc2ccccc21.Cl. The van der Waals surface area contributed by atoms with Gasteiger partial charge in [0.2, 0.25) is 0 Å². The third kappa shape index (κ3) is 3.97. The summed E-state index contributed by atoms with van der Waals surface area (Å²) in [5, 5.41) is 0. The lowest BCUT2D eigenvalue weighted by atomic mass is 10.1. The molecule has 0 radical (unpaired) electrons. The lowest BCUT2D eigenvalue weighted by Gasteiger charge is -2.11. The van der Waals surface area contributed by atoms with Gasteiger partial charge in [-0.05, 0) is 36.8 Å². The Hall–Kier alpha value is -2.46. The highest BCUT2D eigenvalue weighted by Crippen LogP contribution is 2.29. The molecule has 0 aliphatic carbocycles. The van der Waals surface area contributed by atoms with Gasteiger partial charge in [-0.25, -0.2) is 4.98 Å². The molecule has 0 spiro atoms. The Bertz CT molecular complexity index is 887. The van der Waals surface area contributed by atoms with Crippen LogP contribution in [0.15, 0.2) is 54.6 Å². The van der Waals surface area contributed by atoms with E-state index in [1.165, 1.54) is 0 Å². The molecule has 2 aromatic carbocycles. The summed E-state index contributed by atoms with van der Waals surface area (Å²) < 4.78 is 12.9. The minimum Gasteiger partial charge on any atom is -0.493 e. The van der Waals surface area contributed by atoms with Gasteiger partial charge in [-0.15, -0.1) is 12.4 Å². The first-order valence-electron chi connectivity index (χ1n) is 7.91. The zero-order chi connectivity index (χ0) is 17.1. The molecule has 0 amide bonds. The zero-order valence-corrected chi connectivity index (χ0v) is 15.6. The highest BCUT2D eigenvalue weighted by Gasteiger charge is 2.12. The molecule has 0 aliphatic rings. The molecular formula is C20H23ClN2O2. The number of para-hydroxylation sites is 2. The van der Waals surface area contributed by atoms with Gasteiger partial charge < -0.3 is 14.0 Å². The fourth-order valence-electron chi connectivity index (χ4n) is 2.88. The molecule has 3 rings (SSSR count). The van der Waals surface area contributed by atoms with Crippen molar-refractivity contribution in [2.75, 3.05) is 14.2 Å². The largest absolute Gasteiger partial charge is 0.493 e. The fourth-order valence-corrected chi connectivity index (χ4v) is 2.88. The molecule has 0 bridgehead atoms. The lowest BCUT2D eigenvalue weighted by Crippen LogP contribution is -2.05. The van der Waals surface area contributed by atoms with Gasteiger partial charge >= 0.3 is 0 Å². The number of halogens is 1. The average molecular weight is 359 g/mol. The van der Waals surface area contributed by atoms with E-state index >= 15 is 0 Å². The number of ether oxygens (including phenoxy) is 2. The smallest absolute Gasteiger partial charge is 0.161 e. The van der Waals surface area contributed by atoms with Crippen molar-refractivity contribution in [2.45, 2.75) is 19.9 Å². The number of nitrogens with zero attached hydrogens (tertiary/aromatic N) is 2. The van der Waals surface area contributed by atoms with E-state index < -0.39 is 0 Å². The number of hydrogen-bond donors (Lipinski definition) is 0. The number of aromatic nitrogens is 2. The van der Waals surface area contributed by atoms with E-state index in [9.17, 15) is 0 Å². The van der Waals surface area contributed by atoms with E-state index in [-0.39, 0.29) is 12.4 Å². The second-order valence-corrected chi connectivity index (χ2v) is 5.93. The van der Waals surface area contributed by atoms with Crippen LogP contribution >= 0.6 is 12.4 Å². The molecule has 132 valence electrons. The molecule has 5 heteroatoms. The van der Waals surface area contributed by atoms with Crippen LogP contribution in [0.4, 0.5) is 0 Å². The van der Waals surface area contributed by atoms with Crippen molar-refractivity contribution >= 4 is 23.4 Å². The number of rotatable bonds is 6. The topological polar surface area (TPSA) is 36.3 Å². The van der Waals surface area contributed by atoms with E-state index in [1.807, 2.05) is 43.3 Å². The molecule has 25 heavy (non-hydrogen) atoms. The molecule has 3 aromatic rings. The standard InChI is InChI=1S/C20H22N2O2.ClH/c1-14(2)13-22-17-8-6-5-7-16(17)21-20(22)12-15-9-10-18(23-3)19(11-15)24-4;/h5-11H,1,12-13H2,2-4H3;1H. The molecule has 0 saturated heterocycles. The number of imidazole rings is 1. The predicted octanol–water partition coefficient (Wildman–Crippen LogP) is 4.64. The quantitative estimate of drug-likeness (QED) is 0.602. The van der Waals surface area contributed by atoms with Gasteiger partial charge in [-0.2, -0.15) is 0 Å². The van der Waals surface area contributed by atoms with Crippen LogP contribution in [0.3, 0.4) is 0 Å². The summed E-state index contributed by atoms with van der Waals surface area (Å²) in [7, 11) is 3.29. The molecule has 1 heterocycles. The van der Waals surface area contributed by atoms with E-state index in [1.54, 1.807) is 14.2 Å². The van der Waals surface area contributed by atoms with Gasteiger partial charge in [0, 0.05) is 13.0 Å². The molecular weight excluding hydrogens is 336 g/mol. The Balaban J connectivity index is 0.00000225. The van der Waals surface area contributed by atoms with Crippen LogP contribution in [0.1, 0.15) is 18.3 Å². The molecule has 0 fully saturated rings. The van der Waals surface area contributed by atoms with Crippen LogP contribution in [0, 0.1) is 0 Å². The van der Waals surface area contributed by atoms with Crippen LogP contribution in [0.2, 0.25) is 0 Å². The van der Waals surface area contributed by atoms with Gasteiger partial charge in [0.15, 0.2) is 11.5 Å². The summed E-state index contributed by atoms with van der Waals surface area (Å²) in [5.74, 6) is 2.49. The van der Waals surface area contributed by atoms with Crippen molar-refractivity contribution in [1.82, 2.24) is 9.55 Å². The molecule has 0 N–H and O–H groups in total. The Morgan fingerprint density at radius 2 is 1.80 bits per heavy atom. The minimum absolute atomic E-state index is 0. The monoisotopic (exact) mass is 358 g/mol. The summed E-state index contributed by atoms with van der Waals surface area (Å²) in [6, 6.07) is 14.2. The number of benzene rings is 2. The molecule has 0 aliphatic heterocycles. The van der Waals surface area contributed by atoms with Crippen LogP contribution in [0.5, 0.6) is 11.5 Å². The molecule has 0 atom stereocenters. The number of hydrogen-bond acceptors (Lipinski definition) is 3. The third-order valence-electron chi connectivity index (χ3n) is 3.97. The summed E-state index contributed by atoms with van der Waals surface area (Å²) in [4.78, 5) is 4.81. The van der Waals surface area contributed by atoms with Crippen molar-refractivity contribution in [1.29, 1.82) is 0 Å². The Morgan fingerprint density at radius 1 is 1.08 bits per heavy atom. The predicted molar refractivity (Wildman–Crippen MR) is 104 cm³/mol. The Kier molecular flexibility index (Phi) is 6.10. The fraction of sp³-hybridized carbons (Fsp3) is 0.250. The highest BCUT2D eigenvalue weighted by atomic mass is 35.5. The average Bonchev–Trinajstić information content (AvgIpc) is 2.91. The van der Waals surface area contributed by atoms with Crippen molar-refractivity contribution < 1.29 is 9.47 Å². The van der Waals surface area contributed by atoms with E-state index in [0.29, 0.717) is 0 Å². The van der Waals surface area contributed by atoms with E-state index in [2.05, 4.69) is 17.2 Å².